The van der Waals surface area contributed by atoms with Crippen LogP contribution in [0.4, 0.5) is 20.2 Å². The Morgan fingerprint density at radius 1 is 1.11 bits per heavy atom. The maximum absolute atomic E-state index is 15.1. The summed E-state index contributed by atoms with van der Waals surface area (Å²) < 4.78 is 57.0. The molecule has 186 valence electrons. The monoisotopic (exact) mass is 503 g/mol. The van der Waals surface area contributed by atoms with Gasteiger partial charge in [0.15, 0.2) is 11.6 Å². The molecule has 1 saturated carbocycles. The summed E-state index contributed by atoms with van der Waals surface area (Å²) in [5.41, 5.74) is 1.16. The number of nitrogens with zero attached hydrogens (tertiary/aromatic N) is 6. The molecule has 1 saturated heterocycles. The molecule has 9 nitrogen and oxygen atoms in total. The van der Waals surface area contributed by atoms with Crippen LogP contribution in [0.1, 0.15) is 26.2 Å². The minimum atomic E-state index is -3.75. The molecule has 0 amide bonds. The fourth-order valence-electron chi connectivity index (χ4n) is 4.35. The number of benzene rings is 1. The maximum Gasteiger partial charge on any atom is 0.232 e. The largest absolute Gasteiger partial charge is 0.368 e. The first-order valence-electron chi connectivity index (χ1n) is 11.7. The van der Waals surface area contributed by atoms with Gasteiger partial charge in [-0.05, 0) is 37.5 Å². The highest BCUT2D eigenvalue weighted by Crippen LogP contribution is 2.30. The van der Waals surface area contributed by atoms with Crippen LogP contribution in [0, 0.1) is 11.6 Å². The van der Waals surface area contributed by atoms with E-state index in [-0.39, 0.29) is 11.4 Å². The van der Waals surface area contributed by atoms with E-state index in [1.54, 1.807) is 19.3 Å². The lowest BCUT2D eigenvalue weighted by atomic mass is 10.2. The topological polar surface area (TPSA) is 96.2 Å². The van der Waals surface area contributed by atoms with E-state index in [2.05, 4.69) is 29.8 Å². The normalized spacial score (nSPS) is 17.1. The summed E-state index contributed by atoms with van der Waals surface area (Å²) in [4.78, 5) is 9.13. The van der Waals surface area contributed by atoms with Gasteiger partial charge in [0.25, 0.3) is 0 Å². The number of hydrogen-bond acceptors (Lipinski definition) is 7. The van der Waals surface area contributed by atoms with E-state index >= 15 is 4.39 Å². The van der Waals surface area contributed by atoms with E-state index in [0.717, 1.165) is 54.7 Å². The molecule has 0 bridgehead atoms. The maximum atomic E-state index is 15.1. The molecule has 2 fully saturated rings. The third-order valence-corrected chi connectivity index (χ3v) is 7.77. The predicted molar refractivity (Wildman–Crippen MR) is 129 cm³/mol. The highest BCUT2D eigenvalue weighted by molar-refractivity contribution is 7.92. The van der Waals surface area contributed by atoms with Crippen LogP contribution < -0.4 is 9.62 Å². The lowest BCUT2D eigenvalue weighted by molar-refractivity contribution is 0.248. The third kappa shape index (κ3) is 5.13. The number of rotatable bonds is 8. The van der Waals surface area contributed by atoms with E-state index < -0.39 is 27.3 Å². The highest BCUT2D eigenvalue weighted by Gasteiger charge is 2.31. The quantitative estimate of drug-likeness (QED) is 0.505. The van der Waals surface area contributed by atoms with Gasteiger partial charge in [0.1, 0.15) is 11.4 Å². The average molecular weight is 504 g/mol. The smallest absolute Gasteiger partial charge is 0.232 e. The zero-order chi connectivity index (χ0) is 24.6. The number of aromatic nitrogens is 4. The summed E-state index contributed by atoms with van der Waals surface area (Å²) in [6.07, 6.45) is 7.77. The molecule has 2 aromatic heterocycles. The van der Waals surface area contributed by atoms with Gasteiger partial charge in [0.2, 0.25) is 10.0 Å². The van der Waals surface area contributed by atoms with Gasteiger partial charge in [-0.3, -0.25) is 14.6 Å². The van der Waals surface area contributed by atoms with E-state index in [1.165, 1.54) is 19.0 Å². The van der Waals surface area contributed by atoms with Crippen molar-refractivity contribution >= 4 is 21.4 Å². The molecule has 0 unspecified atom stereocenters. The Labute approximate surface area is 202 Å². The first kappa shape index (κ1) is 23.6. The van der Waals surface area contributed by atoms with E-state index in [9.17, 15) is 12.8 Å². The van der Waals surface area contributed by atoms with Crippen LogP contribution in [-0.4, -0.2) is 71.3 Å². The van der Waals surface area contributed by atoms with E-state index in [4.69, 9.17) is 0 Å². The van der Waals surface area contributed by atoms with Crippen LogP contribution in [0.3, 0.4) is 0 Å². The average Bonchev–Trinajstić information content (AvgIpc) is 3.59. The summed E-state index contributed by atoms with van der Waals surface area (Å²) in [6.45, 7) is 5.54. The SMILES string of the molecule is CCCS(=O)(=O)Nc1ccc(F)c(-n2cc(-c3cncc(N4CCN(C5CC5)CC4)c3)nn2)c1F. The zero-order valence-corrected chi connectivity index (χ0v) is 20.2. The second-order valence-electron chi connectivity index (χ2n) is 8.91. The van der Waals surface area contributed by atoms with Crippen molar-refractivity contribution in [3.05, 3.63) is 48.4 Å². The Morgan fingerprint density at radius 3 is 2.60 bits per heavy atom. The minimum Gasteiger partial charge on any atom is -0.368 e. The molecule has 5 rings (SSSR count). The molecule has 2 aliphatic rings. The van der Waals surface area contributed by atoms with Crippen LogP contribution in [0.5, 0.6) is 0 Å². The van der Waals surface area contributed by atoms with Gasteiger partial charge in [-0.2, -0.15) is 0 Å². The summed E-state index contributed by atoms with van der Waals surface area (Å²) in [7, 11) is -3.75. The molecule has 1 aliphatic carbocycles. The van der Waals surface area contributed by atoms with Gasteiger partial charge < -0.3 is 4.90 Å². The fourth-order valence-corrected chi connectivity index (χ4v) is 5.48. The minimum absolute atomic E-state index is 0.175. The number of pyridine rings is 1. The molecule has 3 heterocycles. The van der Waals surface area contributed by atoms with Crippen LogP contribution in [0.15, 0.2) is 36.8 Å². The number of anilines is 2. The van der Waals surface area contributed by atoms with Gasteiger partial charge in [-0.25, -0.2) is 21.9 Å². The molecule has 0 atom stereocenters. The molecule has 35 heavy (non-hydrogen) atoms. The van der Waals surface area contributed by atoms with E-state index in [1.807, 2.05) is 6.07 Å². The van der Waals surface area contributed by atoms with Crippen molar-refractivity contribution in [3.8, 4) is 16.9 Å². The molecule has 1 aromatic carbocycles. The molecule has 0 spiro atoms. The van der Waals surface area contributed by atoms with Crippen molar-refractivity contribution in [3.63, 3.8) is 0 Å². The van der Waals surface area contributed by atoms with Crippen molar-refractivity contribution in [2.24, 2.45) is 0 Å². The first-order chi connectivity index (χ1) is 16.8. The van der Waals surface area contributed by atoms with Crippen LogP contribution in [0.25, 0.3) is 16.9 Å². The van der Waals surface area contributed by atoms with Gasteiger partial charge in [-0.15, -0.1) is 5.10 Å². The molecule has 1 N–H and O–H groups in total. The van der Waals surface area contributed by atoms with Gasteiger partial charge in [0.05, 0.1) is 29.5 Å². The van der Waals surface area contributed by atoms with Crippen LogP contribution in [0.2, 0.25) is 0 Å². The van der Waals surface area contributed by atoms with Gasteiger partial charge >= 0.3 is 0 Å². The number of piperazine rings is 1. The lowest BCUT2D eigenvalue weighted by Crippen LogP contribution is -2.47. The summed E-state index contributed by atoms with van der Waals surface area (Å²) >= 11 is 0. The summed E-state index contributed by atoms with van der Waals surface area (Å²) in [5, 5.41) is 7.98. The molecule has 1 aliphatic heterocycles. The standard InChI is InChI=1S/C23H27F2N7O2S/c1-2-11-35(33,34)28-20-6-5-19(24)23(22(20)25)32-15-21(27-29-32)16-12-18(14-26-13-16)31-9-7-30(8-10-31)17-3-4-17/h5-6,12-15,17,28H,2-4,7-11H2,1H3. The van der Waals surface area contributed by atoms with Crippen LogP contribution in [-0.2, 0) is 10.0 Å². The lowest BCUT2D eigenvalue weighted by Gasteiger charge is -2.36. The number of nitrogens with one attached hydrogen (secondary N) is 1. The zero-order valence-electron chi connectivity index (χ0n) is 19.4. The number of hydrogen-bond donors (Lipinski definition) is 1. The molecule has 0 radical (unpaired) electrons. The van der Waals surface area contributed by atoms with Crippen molar-refractivity contribution in [1.82, 2.24) is 24.9 Å². The van der Waals surface area contributed by atoms with Crippen LogP contribution >= 0.6 is 0 Å². The number of sulfonamides is 1. The fraction of sp³-hybridized carbons (Fsp3) is 0.435. The van der Waals surface area contributed by atoms with Crippen molar-refractivity contribution in [2.45, 2.75) is 32.2 Å². The Morgan fingerprint density at radius 2 is 1.89 bits per heavy atom. The Kier molecular flexibility index (Phi) is 6.41. The van der Waals surface area contributed by atoms with Crippen molar-refractivity contribution < 1.29 is 17.2 Å². The Hall–Kier alpha value is -3.12. The van der Waals surface area contributed by atoms with E-state index in [0.29, 0.717) is 17.7 Å². The molecule has 12 heteroatoms. The molecular weight excluding hydrogens is 476 g/mol. The molecular formula is C23H27F2N7O2S. The van der Waals surface area contributed by atoms with Gasteiger partial charge in [-0.1, -0.05) is 12.1 Å². The predicted octanol–water partition coefficient (Wildman–Crippen LogP) is 3.04. The molecule has 3 aromatic rings. The summed E-state index contributed by atoms with van der Waals surface area (Å²) in [6, 6.07) is 4.73. The van der Waals surface area contributed by atoms with Gasteiger partial charge in [0, 0.05) is 44.0 Å². The Bertz CT molecular complexity index is 1320. The summed E-state index contributed by atoms with van der Waals surface area (Å²) in [5.74, 6) is -2.13. The second-order valence-corrected chi connectivity index (χ2v) is 10.8. The number of halogens is 2. The first-order valence-corrected chi connectivity index (χ1v) is 13.4. The Balaban J connectivity index is 1.38. The second kappa shape index (κ2) is 9.50. The third-order valence-electron chi connectivity index (χ3n) is 6.29. The van der Waals surface area contributed by atoms with Crippen molar-refractivity contribution in [2.75, 3.05) is 41.6 Å². The van der Waals surface area contributed by atoms with Crippen molar-refractivity contribution in [1.29, 1.82) is 0 Å². The highest BCUT2D eigenvalue weighted by atomic mass is 32.2.